The summed E-state index contributed by atoms with van der Waals surface area (Å²) in [6.45, 7) is 28.2. The number of fused-ring (bicyclic) bond motifs is 5. The van der Waals surface area contributed by atoms with Gasteiger partial charge in [-0.2, -0.15) is 0 Å². The fourth-order valence-electron chi connectivity index (χ4n) is 13.2. The lowest BCUT2D eigenvalue weighted by molar-refractivity contribution is -0.662. The third kappa shape index (κ3) is 16.3. The number of para-hydroxylation sites is 1. The Morgan fingerprint density at radius 1 is 0.356 bits per heavy atom. The summed E-state index contributed by atoms with van der Waals surface area (Å²) in [6.07, 6.45) is 16.8. The zero-order valence-electron chi connectivity index (χ0n) is 62.1. The molecule has 0 radical (unpaired) electrons. The van der Waals surface area contributed by atoms with E-state index in [0.717, 1.165) is 73.5 Å². The molecule has 7 heterocycles. The molecule has 0 aliphatic carbocycles. The maximum atomic E-state index is 4.94. The average molecular weight is 1330 g/mol. The molecule has 8 aromatic carbocycles. The smallest absolute Gasteiger partial charge is 0.264 e. The van der Waals surface area contributed by atoms with Crippen molar-refractivity contribution in [2.45, 2.75) is 102 Å². The number of pyridine rings is 2. The van der Waals surface area contributed by atoms with Crippen LogP contribution in [0.5, 0.6) is 0 Å². The fourth-order valence-corrected chi connectivity index (χ4v) is 13.2. The lowest BCUT2D eigenvalue weighted by atomic mass is 9.96. The third-order valence-corrected chi connectivity index (χ3v) is 18.9. The van der Waals surface area contributed by atoms with E-state index >= 15 is 0 Å². The Hall–Kier alpha value is -11.2. The predicted octanol–water partition coefficient (Wildman–Crippen LogP) is 17.5. The highest BCUT2D eigenvalue weighted by atomic mass is 15.0. The first-order valence-corrected chi connectivity index (χ1v) is 34.9. The van der Waals surface area contributed by atoms with Gasteiger partial charge in [0.2, 0.25) is 5.52 Å². The predicted molar refractivity (Wildman–Crippen MR) is 413 cm³/mol. The summed E-state index contributed by atoms with van der Waals surface area (Å²) in [6, 6.07) is 61.4. The van der Waals surface area contributed by atoms with E-state index in [1.807, 2.05) is 76.5 Å². The number of aromatic nitrogens is 12. The largest absolute Gasteiger partial charge is 0.331 e. The van der Waals surface area contributed by atoms with Crippen molar-refractivity contribution in [2.75, 3.05) is 0 Å². The van der Waals surface area contributed by atoms with Gasteiger partial charge in [0.1, 0.15) is 24.3 Å². The summed E-state index contributed by atoms with van der Waals surface area (Å²) in [5.41, 5.74) is 28.6. The first kappa shape index (κ1) is 71.1. The Bertz CT molecular complexity index is 5400. The first-order valence-electron chi connectivity index (χ1n) is 34.9. The average Bonchev–Trinajstić information content (AvgIpc) is 0.788. The molecule has 0 fully saturated rings. The number of benzene rings is 8. The monoisotopic (exact) mass is 1330 g/mol. The highest BCUT2D eigenvalue weighted by Crippen LogP contribution is 2.32. The van der Waals surface area contributed by atoms with Gasteiger partial charge in [0, 0.05) is 35.8 Å². The van der Waals surface area contributed by atoms with Gasteiger partial charge in [-0.15, -0.1) is 0 Å². The molecule has 0 spiro atoms. The van der Waals surface area contributed by atoms with Crippen molar-refractivity contribution in [3.05, 3.63) is 287 Å². The van der Waals surface area contributed by atoms with E-state index < -0.39 is 0 Å². The second kappa shape index (κ2) is 31.3. The van der Waals surface area contributed by atoms with E-state index in [9.17, 15) is 0 Å². The van der Waals surface area contributed by atoms with Crippen LogP contribution >= 0.6 is 0 Å². The van der Waals surface area contributed by atoms with Crippen LogP contribution in [0.1, 0.15) is 94.8 Å². The van der Waals surface area contributed by atoms with Gasteiger partial charge in [-0.3, -0.25) is 4.98 Å². The van der Waals surface area contributed by atoms with E-state index in [4.69, 9.17) is 15.0 Å². The van der Waals surface area contributed by atoms with Crippen LogP contribution in [0.25, 0.3) is 111 Å². The van der Waals surface area contributed by atoms with E-state index in [2.05, 4.69) is 311 Å². The summed E-state index contributed by atoms with van der Waals surface area (Å²) in [5.74, 6) is 4.22. The van der Waals surface area contributed by atoms with Gasteiger partial charge in [0.15, 0.2) is 33.3 Å². The maximum absolute atomic E-state index is 4.94. The number of hydrogen-bond acceptors (Lipinski definition) is 7. The first-order chi connectivity index (χ1) is 48.5. The molecule has 0 atom stereocenters. The molecule has 0 bridgehead atoms. The van der Waals surface area contributed by atoms with Crippen LogP contribution in [-0.2, 0) is 41.7 Å². The molecule has 0 N–H and O–H groups in total. The minimum Gasteiger partial charge on any atom is -0.264 e. The molecule has 12 heteroatoms. The molecule has 0 saturated heterocycles. The van der Waals surface area contributed by atoms with Crippen LogP contribution in [0.15, 0.2) is 226 Å². The number of hydrogen-bond donors (Lipinski definition) is 0. The van der Waals surface area contributed by atoms with E-state index in [1.165, 1.54) is 105 Å². The van der Waals surface area contributed by atoms with Crippen molar-refractivity contribution in [3.63, 3.8) is 0 Å². The topological polar surface area (TPSA) is 110 Å². The van der Waals surface area contributed by atoms with Crippen molar-refractivity contribution < 1.29 is 22.8 Å². The van der Waals surface area contributed by atoms with E-state index in [-0.39, 0.29) is 0 Å². The van der Waals surface area contributed by atoms with Gasteiger partial charge in [-0.1, -0.05) is 130 Å². The summed E-state index contributed by atoms with van der Waals surface area (Å²) in [7, 11) is 10.2. The molecular weight excluding hydrogens is 1240 g/mol. The second-order valence-corrected chi connectivity index (χ2v) is 27.7. The SMILES string of the molecule is Cc1cc(C)c(C)c(-c2c3cnccc3nc[n+]2C)c1.Cc1cc(C)c(C)c(-c2c3ncccc3nc[n+]2C)c1.Cc1ccccc1-c1nc2cc(C(C)C)ccc2c[n+]1C.Cc1ccccc1-c1nc2cc(CC(C)C)ccc2c[n+]1C.Cc1ccccc1-c1nc2ccccc2c[n+]1C. The van der Waals surface area contributed by atoms with Gasteiger partial charge in [-0.25, -0.2) is 27.8 Å². The Morgan fingerprint density at radius 3 is 1.35 bits per heavy atom. The molecular formula is C89H95N12+5. The molecule has 7 aromatic heterocycles. The molecule has 0 aliphatic heterocycles. The summed E-state index contributed by atoms with van der Waals surface area (Å²) in [4.78, 5) is 32.3. The van der Waals surface area contributed by atoms with E-state index in [1.54, 1.807) is 6.20 Å². The van der Waals surface area contributed by atoms with Gasteiger partial charge in [0.25, 0.3) is 12.7 Å². The van der Waals surface area contributed by atoms with Gasteiger partial charge in [0.05, 0.1) is 73.5 Å². The number of rotatable bonds is 8. The van der Waals surface area contributed by atoms with Crippen LogP contribution in [0.2, 0.25) is 0 Å². The number of nitrogens with zero attached hydrogens (tertiary/aromatic N) is 12. The highest BCUT2D eigenvalue weighted by Gasteiger charge is 2.23. The van der Waals surface area contributed by atoms with Crippen molar-refractivity contribution >= 4 is 54.6 Å². The summed E-state index contributed by atoms with van der Waals surface area (Å²) >= 11 is 0. The lowest BCUT2D eigenvalue weighted by Gasteiger charge is -2.11. The second-order valence-electron chi connectivity index (χ2n) is 27.7. The molecule has 0 unspecified atom stereocenters. The zero-order chi connectivity index (χ0) is 71.8. The van der Waals surface area contributed by atoms with Crippen LogP contribution in [0, 0.1) is 68.2 Å². The Kier molecular flexibility index (Phi) is 22.0. The molecule has 12 nitrogen and oxygen atoms in total. The molecule has 0 aliphatic rings. The Balaban J connectivity index is 0.000000127. The normalized spacial score (nSPS) is 11.1. The molecule has 0 saturated carbocycles. The minimum atomic E-state index is 0.520. The Labute approximate surface area is 596 Å². The molecule has 506 valence electrons. The number of aryl methyl sites for hydroxylation is 12. The summed E-state index contributed by atoms with van der Waals surface area (Å²) in [5, 5.41) is 4.62. The quantitative estimate of drug-likeness (QED) is 0.139. The van der Waals surface area contributed by atoms with Gasteiger partial charge in [-0.05, 0) is 234 Å². The zero-order valence-corrected chi connectivity index (χ0v) is 62.1. The van der Waals surface area contributed by atoms with Crippen molar-refractivity contribution in [1.82, 2.24) is 34.9 Å². The van der Waals surface area contributed by atoms with Crippen LogP contribution in [0.4, 0.5) is 0 Å². The summed E-state index contributed by atoms with van der Waals surface area (Å²) < 4.78 is 10.4. The molecule has 15 rings (SSSR count). The third-order valence-electron chi connectivity index (χ3n) is 18.9. The van der Waals surface area contributed by atoms with Gasteiger partial charge >= 0.3 is 17.5 Å². The minimum absolute atomic E-state index is 0.520. The molecule has 101 heavy (non-hydrogen) atoms. The fraction of sp³-hybridized carbons (Fsp3) is 0.236. The van der Waals surface area contributed by atoms with Crippen molar-refractivity contribution in [2.24, 2.45) is 41.2 Å². The lowest BCUT2D eigenvalue weighted by Crippen LogP contribution is -2.32. The molecule has 15 aromatic rings. The highest BCUT2D eigenvalue weighted by molar-refractivity contribution is 5.91. The Morgan fingerprint density at radius 2 is 0.812 bits per heavy atom. The van der Waals surface area contributed by atoms with Crippen LogP contribution in [-0.4, -0.2) is 34.9 Å². The standard InChI is InChI=1S/C20H23N2.C19H21N2.2C17H18N3.C16H15N2/c1-14(2)11-16-9-10-17-13-22(4)20(21-19(17)12-16)18-8-6-5-7-15(18)3;1-13(2)15-9-10-16-12-21(4)19(20-18(16)11-15)17-8-6-5-7-14(17)3;1-11-7-12(2)13(3)14(8-11)17-15-9-18-6-5-16(15)19-10-20(17)4;1-11-8-12(2)13(3)14(9-11)17-16-15(6-5-7-18-16)19-10-20(17)4;1-12-7-3-5-9-14(12)16-17-15-10-6-4-8-13(15)11-18(16)2/h5-10,12-14H,11H2,1-4H3;5-13H,1-4H3;2*5-10H,1-4H3;3-11H,1-2H3/q5*+1. The van der Waals surface area contributed by atoms with E-state index in [0.29, 0.717) is 11.8 Å². The van der Waals surface area contributed by atoms with Crippen molar-refractivity contribution in [3.8, 4) is 56.7 Å². The molecule has 0 amide bonds. The maximum Gasteiger partial charge on any atom is 0.331 e. The van der Waals surface area contributed by atoms with Crippen LogP contribution in [0.3, 0.4) is 0 Å². The van der Waals surface area contributed by atoms with Crippen LogP contribution < -0.4 is 22.8 Å². The van der Waals surface area contributed by atoms with Crippen molar-refractivity contribution in [1.29, 1.82) is 0 Å². The van der Waals surface area contributed by atoms with Gasteiger partial charge < -0.3 is 0 Å².